The Labute approximate surface area is 127 Å². The molecule has 108 valence electrons. The maximum absolute atomic E-state index is 2.52. The van der Waals surface area contributed by atoms with Crippen molar-refractivity contribution in [2.75, 3.05) is 20.1 Å². The number of likely N-dealkylation sites (N-methyl/N-ethyl adjacent to an activating group) is 1. The smallest absolute Gasteiger partial charge is 0.0335 e. The number of piperidine rings is 1. The lowest BCUT2D eigenvalue weighted by molar-refractivity contribution is 0.202. The van der Waals surface area contributed by atoms with Gasteiger partial charge in [-0.3, -0.25) is 0 Å². The van der Waals surface area contributed by atoms with Gasteiger partial charge in [0.15, 0.2) is 0 Å². The first-order valence-electron chi connectivity index (χ1n) is 8.15. The molecule has 2 aromatic carbocycles. The molecule has 1 heterocycles. The maximum Gasteiger partial charge on any atom is 0.0335 e. The zero-order valence-electron chi connectivity index (χ0n) is 12.8. The van der Waals surface area contributed by atoms with Gasteiger partial charge in [0, 0.05) is 12.0 Å². The van der Waals surface area contributed by atoms with E-state index in [9.17, 15) is 0 Å². The van der Waals surface area contributed by atoms with Crippen molar-refractivity contribution in [2.24, 2.45) is 0 Å². The minimum atomic E-state index is 0.205. The number of nitrogens with zero attached hydrogens (tertiary/aromatic N) is 1. The molecule has 21 heavy (non-hydrogen) atoms. The molecular weight excluding hydrogens is 254 g/mol. The largest absolute Gasteiger partial charge is 0.305 e. The molecule has 0 saturated carbocycles. The third-order valence-electron chi connectivity index (χ3n) is 5.41. The average Bonchev–Trinajstić information content (AvgIpc) is 2.65. The molecule has 1 fully saturated rings. The quantitative estimate of drug-likeness (QED) is 0.708. The highest BCUT2D eigenvalue weighted by Gasteiger charge is 2.41. The molecule has 0 radical (unpaired) electrons. The van der Waals surface area contributed by atoms with E-state index in [0.29, 0.717) is 0 Å². The normalized spacial score (nSPS) is 20.6. The Bertz CT molecular complexity index is 611. The Morgan fingerprint density at radius 2 is 1.43 bits per heavy atom. The fourth-order valence-corrected chi connectivity index (χ4v) is 4.53. The second-order valence-electron chi connectivity index (χ2n) is 6.74. The molecule has 0 amide bonds. The van der Waals surface area contributed by atoms with E-state index < -0.39 is 0 Å². The molecule has 0 atom stereocenters. The summed E-state index contributed by atoms with van der Waals surface area (Å²) in [5.41, 5.74) is 6.49. The highest BCUT2D eigenvalue weighted by atomic mass is 15.1. The average molecular weight is 277 g/mol. The molecule has 0 aromatic heterocycles. The van der Waals surface area contributed by atoms with Crippen molar-refractivity contribution in [3.8, 4) is 0 Å². The lowest BCUT2D eigenvalue weighted by Gasteiger charge is -2.43. The number of likely N-dealkylation sites (tertiary alicyclic amines) is 1. The van der Waals surface area contributed by atoms with Crippen LogP contribution in [-0.4, -0.2) is 25.0 Å². The van der Waals surface area contributed by atoms with Crippen LogP contribution in [0.15, 0.2) is 48.5 Å². The Hall–Kier alpha value is -1.60. The molecule has 2 aromatic rings. The summed E-state index contributed by atoms with van der Waals surface area (Å²) in [6.45, 7) is 2.38. The predicted molar refractivity (Wildman–Crippen MR) is 87.8 cm³/mol. The van der Waals surface area contributed by atoms with E-state index in [1.54, 1.807) is 22.3 Å². The summed E-state index contributed by atoms with van der Waals surface area (Å²) in [6.07, 6.45) is 4.93. The number of hydrogen-bond acceptors (Lipinski definition) is 1. The maximum atomic E-state index is 2.52. The molecule has 1 aliphatic heterocycles. The van der Waals surface area contributed by atoms with Crippen molar-refractivity contribution in [2.45, 2.75) is 31.1 Å². The molecule has 1 nitrogen and oxygen atoms in total. The standard InChI is InChI=1S/C20H23N/c1-21-14-6-13-20(15-21)18-9-4-2-7-16(18)11-12-17-8-3-5-10-19(17)20/h2-5,7-10H,6,11-15H2,1H3. The first-order valence-corrected chi connectivity index (χ1v) is 8.15. The summed E-state index contributed by atoms with van der Waals surface area (Å²) in [7, 11) is 2.27. The van der Waals surface area contributed by atoms with E-state index in [2.05, 4.69) is 60.5 Å². The number of hydrogen-bond donors (Lipinski definition) is 0. The summed E-state index contributed by atoms with van der Waals surface area (Å²) in [5.74, 6) is 0. The molecule has 4 rings (SSSR count). The van der Waals surface area contributed by atoms with Crippen LogP contribution >= 0.6 is 0 Å². The first kappa shape index (κ1) is 13.1. The van der Waals surface area contributed by atoms with Gasteiger partial charge < -0.3 is 4.90 Å². The van der Waals surface area contributed by atoms with Crippen molar-refractivity contribution in [3.05, 3.63) is 70.8 Å². The van der Waals surface area contributed by atoms with Crippen LogP contribution in [0.25, 0.3) is 0 Å². The van der Waals surface area contributed by atoms with Crippen LogP contribution < -0.4 is 0 Å². The molecular formula is C20H23N. The number of rotatable bonds is 0. The van der Waals surface area contributed by atoms with Crippen molar-refractivity contribution in [1.82, 2.24) is 4.90 Å². The van der Waals surface area contributed by atoms with E-state index in [1.165, 1.54) is 32.2 Å². The van der Waals surface area contributed by atoms with Gasteiger partial charge in [0.1, 0.15) is 0 Å². The minimum Gasteiger partial charge on any atom is -0.305 e. The summed E-state index contributed by atoms with van der Waals surface area (Å²) < 4.78 is 0. The van der Waals surface area contributed by atoms with Crippen LogP contribution in [0.4, 0.5) is 0 Å². The molecule has 1 spiro atoms. The van der Waals surface area contributed by atoms with Gasteiger partial charge in [-0.25, -0.2) is 0 Å². The number of fused-ring (bicyclic) bond motifs is 4. The fraction of sp³-hybridized carbons (Fsp3) is 0.400. The SMILES string of the molecule is CN1CCCC2(C1)c1ccccc1CCc1ccccc12. The molecule has 1 aliphatic carbocycles. The Morgan fingerprint density at radius 1 is 0.857 bits per heavy atom. The van der Waals surface area contributed by atoms with Crippen molar-refractivity contribution in [3.63, 3.8) is 0 Å². The van der Waals surface area contributed by atoms with Gasteiger partial charge in [0.05, 0.1) is 0 Å². The van der Waals surface area contributed by atoms with E-state index >= 15 is 0 Å². The second kappa shape index (κ2) is 4.99. The predicted octanol–water partition coefficient (Wildman–Crippen LogP) is 3.80. The Morgan fingerprint density at radius 3 is 2.00 bits per heavy atom. The van der Waals surface area contributed by atoms with E-state index in [4.69, 9.17) is 0 Å². The van der Waals surface area contributed by atoms with Crippen molar-refractivity contribution in [1.29, 1.82) is 0 Å². The third-order valence-corrected chi connectivity index (χ3v) is 5.41. The minimum absolute atomic E-state index is 0.205. The van der Waals surface area contributed by atoms with Crippen LogP contribution in [0.1, 0.15) is 35.1 Å². The number of aryl methyl sites for hydroxylation is 2. The first-order chi connectivity index (χ1) is 10.3. The van der Waals surface area contributed by atoms with Crippen LogP contribution in [0.2, 0.25) is 0 Å². The zero-order chi connectivity index (χ0) is 14.3. The van der Waals surface area contributed by atoms with Gasteiger partial charge in [-0.2, -0.15) is 0 Å². The zero-order valence-corrected chi connectivity index (χ0v) is 12.8. The lowest BCUT2D eigenvalue weighted by atomic mass is 9.68. The topological polar surface area (TPSA) is 3.24 Å². The van der Waals surface area contributed by atoms with Gasteiger partial charge in [-0.15, -0.1) is 0 Å². The Balaban J connectivity index is 1.98. The highest BCUT2D eigenvalue weighted by Crippen LogP contribution is 2.45. The van der Waals surface area contributed by atoms with Crippen molar-refractivity contribution < 1.29 is 0 Å². The van der Waals surface area contributed by atoms with Crippen LogP contribution in [0.5, 0.6) is 0 Å². The summed E-state index contributed by atoms with van der Waals surface area (Å²) >= 11 is 0. The van der Waals surface area contributed by atoms with Gasteiger partial charge in [-0.05, 0) is 61.5 Å². The van der Waals surface area contributed by atoms with Gasteiger partial charge in [0.2, 0.25) is 0 Å². The van der Waals surface area contributed by atoms with Crippen LogP contribution in [-0.2, 0) is 18.3 Å². The molecule has 2 aliphatic rings. The molecule has 0 bridgehead atoms. The van der Waals surface area contributed by atoms with Gasteiger partial charge in [-0.1, -0.05) is 48.5 Å². The molecule has 0 N–H and O–H groups in total. The van der Waals surface area contributed by atoms with E-state index in [1.807, 2.05) is 0 Å². The molecule has 0 unspecified atom stereocenters. The van der Waals surface area contributed by atoms with Crippen LogP contribution in [0, 0.1) is 0 Å². The third kappa shape index (κ3) is 2.03. The van der Waals surface area contributed by atoms with Crippen molar-refractivity contribution >= 4 is 0 Å². The van der Waals surface area contributed by atoms with E-state index in [0.717, 1.165) is 6.54 Å². The summed E-state index contributed by atoms with van der Waals surface area (Å²) in [6, 6.07) is 18.3. The van der Waals surface area contributed by atoms with Crippen LogP contribution in [0.3, 0.4) is 0 Å². The highest BCUT2D eigenvalue weighted by molar-refractivity contribution is 5.50. The molecule has 1 heteroatoms. The fourth-order valence-electron chi connectivity index (χ4n) is 4.53. The lowest BCUT2D eigenvalue weighted by Crippen LogP contribution is -2.45. The van der Waals surface area contributed by atoms with Gasteiger partial charge >= 0.3 is 0 Å². The van der Waals surface area contributed by atoms with Gasteiger partial charge in [0.25, 0.3) is 0 Å². The summed E-state index contributed by atoms with van der Waals surface area (Å²) in [4.78, 5) is 2.52. The number of benzene rings is 2. The molecule has 1 saturated heterocycles. The monoisotopic (exact) mass is 277 g/mol. The van der Waals surface area contributed by atoms with E-state index in [-0.39, 0.29) is 5.41 Å². The Kier molecular flexibility index (Phi) is 3.11. The second-order valence-corrected chi connectivity index (χ2v) is 6.74. The summed E-state index contributed by atoms with van der Waals surface area (Å²) in [5, 5.41) is 0.